The highest BCUT2D eigenvalue weighted by molar-refractivity contribution is 5.78. The maximum atomic E-state index is 12.5. The second kappa shape index (κ2) is 14.7. The Labute approximate surface area is 225 Å². The summed E-state index contributed by atoms with van der Waals surface area (Å²) in [6.07, 6.45) is -8.14. The molecular weight excluding hydrogens is 556 g/mol. The van der Waals surface area contributed by atoms with E-state index in [0.717, 1.165) is 38.3 Å². The molecule has 0 radical (unpaired) electrons. The number of anilines is 1. The van der Waals surface area contributed by atoms with Crippen molar-refractivity contribution in [2.45, 2.75) is 25.2 Å². The summed E-state index contributed by atoms with van der Waals surface area (Å²) in [5, 5.41) is 23.4. The lowest BCUT2D eigenvalue weighted by Crippen LogP contribution is -2.53. The van der Waals surface area contributed by atoms with E-state index in [1.54, 1.807) is 6.07 Å². The van der Waals surface area contributed by atoms with E-state index in [0.29, 0.717) is 32.0 Å². The molecule has 224 valence electrons. The van der Waals surface area contributed by atoms with E-state index >= 15 is 0 Å². The third-order valence-corrected chi connectivity index (χ3v) is 5.56. The molecule has 1 unspecified atom stereocenters. The largest absolute Gasteiger partial charge is 0.490 e. The van der Waals surface area contributed by atoms with Gasteiger partial charge in [0.25, 0.3) is 0 Å². The Hall–Kier alpha value is -3.65. The first-order chi connectivity index (χ1) is 18.4. The van der Waals surface area contributed by atoms with Gasteiger partial charge in [-0.3, -0.25) is 4.79 Å². The zero-order chi connectivity index (χ0) is 30.7. The molecule has 0 bridgehead atoms. The number of ether oxygens (including phenoxy) is 1. The minimum Gasteiger partial charge on any atom is -0.475 e. The summed E-state index contributed by atoms with van der Waals surface area (Å²) in [5.41, 5.74) is 0.342. The Morgan fingerprint density at radius 2 is 1.65 bits per heavy atom. The lowest BCUT2D eigenvalue weighted by molar-refractivity contribution is -0.193. The third kappa shape index (κ3) is 11.6. The van der Waals surface area contributed by atoms with Crippen molar-refractivity contribution in [3.8, 4) is 6.07 Å². The normalized spacial score (nSPS) is 19.4. The van der Waals surface area contributed by atoms with Crippen molar-refractivity contribution in [3.05, 3.63) is 23.9 Å². The van der Waals surface area contributed by atoms with Crippen molar-refractivity contribution < 1.29 is 55.7 Å². The van der Waals surface area contributed by atoms with E-state index in [1.807, 2.05) is 36.0 Å². The molecule has 2 fully saturated rings. The Morgan fingerprint density at radius 3 is 2.15 bits per heavy atom. The number of pyridine rings is 1. The first-order valence-electron chi connectivity index (χ1n) is 11.6. The van der Waals surface area contributed by atoms with Crippen LogP contribution < -0.4 is 4.90 Å². The standard InChI is InChI=1S/C19H27N5O2.2C2HF3O2/c1-22(2)12-18(25)24-8-4-7-19(14-24)13-23(9-10-26-15-19)17-6-3-5-16(11-20)21-17;2*3-2(4,5)1(6)7/h3,5-6H,4,7-10,12-15H2,1-2H3;2*(H,6,7). The predicted octanol–water partition coefficient (Wildman–Crippen LogP) is 2.23. The van der Waals surface area contributed by atoms with E-state index in [4.69, 9.17) is 29.8 Å². The Bertz CT molecular complexity index is 1040. The molecule has 1 aromatic rings. The number of hydrogen-bond donors (Lipinski definition) is 2. The topological polar surface area (TPSA) is 147 Å². The van der Waals surface area contributed by atoms with Gasteiger partial charge in [-0.2, -0.15) is 31.6 Å². The number of rotatable bonds is 3. The van der Waals surface area contributed by atoms with Crippen molar-refractivity contribution in [3.63, 3.8) is 0 Å². The number of carbonyl (C=O) groups excluding carboxylic acids is 1. The van der Waals surface area contributed by atoms with E-state index in [2.05, 4.69) is 16.0 Å². The van der Waals surface area contributed by atoms with Gasteiger partial charge in [0, 0.05) is 31.6 Å². The van der Waals surface area contributed by atoms with Crippen LogP contribution in [0.5, 0.6) is 0 Å². The molecule has 3 rings (SSSR count). The summed E-state index contributed by atoms with van der Waals surface area (Å²) in [6.45, 7) is 4.80. The van der Waals surface area contributed by atoms with Crippen molar-refractivity contribution in [2.75, 3.05) is 64.9 Å². The fourth-order valence-electron chi connectivity index (χ4n) is 3.89. The van der Waals surface area contributed by atoms with Crippen molar-refractivity contribution in [1.82, 2.24) is 14.8 Å². The third-order valence-electron chi connectivity index (χ3n) is 5.56. The average molecular weight is 586 g/mol. The van der Waals surface area contributed by atoms with Crippen molar-refractivity contribution in [1.29, 1.82) is 5.26 Å². The number of nitriles is 1. The maximum Gasteiger partial charge on any atom is 0.490 e. The zero-order valence-corrected chi connectivity index (χ0v) is 21.6. The molecule has 11 nitrogen and oxygen atoms in total. The van der Waals surface area contributed by atoms with Crippen LogP contribution >= 0.6 is 0 Å². The molecule has 2 aliphatic rings. The molecule has 0 aliphatic carbocycles. The molecule has 2 saturated heterocycles. The summed E-state index contributed by atoms with van der Waals surface area (Å²) in [6, 6.07) is 7.64. The van der Waals surface area contributed by atoms with Crippen LogP contribution in [0.25, 0.3) is 0 Å². The van der Waals surface area contributed by atoms with Gasteiger partial charge in [-0.25, -0.2) is 14.6 Å². The number of alkyl halides is 6. The number of likely N-dealkylation sites (N-methyl/N-ethyl adjacent to an activating group) is 1. The molecule has 0 saturated carbocycles. The van der Waals surface area contributed by atoms with Crippen LogP contribution in [0, 0.1) is 16.7 Å². The first kappa shape index (κ1) is 34.4. The van der Waals surface area contributed by atoms with Crippen LogP contribution in [-0.2, 0) is 19.1 Å². The number of aromatic nitrogens is 1. The van der Waals surface area contributed by atoms with Gasteiger partial charge >= 0.3 is 24.3 Å². The van der Waals surface area contributed by atoms with Crippen LogP contribution in [-0.4, -0.2) is 115 Å². The highest BCUT2D eigenvalue weighted by Gasteiger charge is 2.41. The van der Waals surface area contributed by atoms with E-state index in [9.17, 15) is 31.1 Å². The monoisotopic (exact) mass is 585 g/mol. The van der Waals surface area contributed by atoms with Gasteiger partial charge in [-0.15, -0.1) is 0 Å². The number of amides is 1. The van der Waals surface area contributed by atoms with Gasteiger partial charge in [-0.1, -0.05) is 6.07 Å². The van der Waals surface area contributed by atoms with Gasteiger partial charge in [0.2, 0.25) is 5.91 Å². The predicted molar refractivity (Wildman–Crippen MR) is 126 cm³/mol. The quantitative estimate of drug-likeness (QED) is 0.506. The SMILES string of the molecule is CN(C)CC(=O)N1CCCC2(COCCN(c3cccc(C#N)n3)C2)C1.O=C(O)C(F)(F)F.O=C(O)C(F)(F)F. The van der Waals surface area contributed by atoms with E-state index < -0.39 is 24.3 Å². The zero-order valence-electron chi connectivity index (χ0n) is 21.6. The van der Waals surface area contributed by atoms with Crippen LogP contribution in [0.3, 0.4) is 0 Å². The lowest BCUT2D eigenvalue weighted by atomic mass is 9.80. The second-order valence-electron chi connectivity index (χ2n) is 9.23. The van der Waals surface area contributed by atoms with Gasteiger partial charge < -0.3 is 29.6 Å². The number of carbonyl (C=O) groups is 3. The fraction of sp³-hybridized carbons (Fsp3) is 0.609. The number of hydrogen-bond acceptors (Lipinski definition) is 8. The van der Waals surface area contributed by atoms with Gasteiger partial charge in [0.05, 0.1) is 19.8 Å². The molecule has 1 spiro atoms. The smallest absolute Gasteiger partial charge is 0.475 e. The highest BCUT2D eigenvalue weighted by Crippen LogP contribution is 2.34. The number of aliphatic carboxylic acids is 2. The van der Waals surface area contributed by atoms with Crippen LogP contribution in [0.2, 0.25) is 0 Å². The molecule has 2 N–H and O–H groups in total. The average Bonchev–Trinajstić information content (AvgIpc) is 3.05. The summed E-state index contributed by atoms with van der Waals surface area (Å²) in [7, 11) is 3.84. The van der Waals surface area contributed by atoms with Gasteiger partial charge in [0.1, 0.15) is 17.6 Å². The first-order valence-corrected chi connectivity index (χ1v) is 11.6. The lowest BCUT2D eigenvalue weighted by Gasteiger charge is -2.44. The second-order valence-corrected chi connectivity index (χ2v) is 9.23. The summed E-state index contributed by atoms with van der Waals surface area (Å²) in [5.74, 6) is -4.53. The Kier molecular flexibility index (Phi) is 12.6. The fourth-order valence-corrected chi connectivity index (χ4v) is 3.89. The van der Waals surface area contributed by atoms with Crippen LogP contribution in [0.15, 0.2) is 18.2 Å². The Morgan fingerprint density at radius 1 is 1.07 bits per heavy atom. The molecule has 2 aliphatic heterocycles. The number of nitrogens with zero attached hydrogens (tertiary/aromatic N) is 5. The van der Waals surface area contributed by atoms with E-state index in [1.165, 1.54) is 0 Å². The highest BCUT2D eigenvalue weighted by atomic mass is 19.4. The molecule has 1 aromatic heterocycles. The minimum absolute atomic E-state index is 0.0823. The van der Waals surface area contributed by atoms with Crippen molar-refractivity contribution in [2.24, 2.45) is 5.41 Å². The molecule has 0 aromatic carbocycles. The maximum absolute atomic E-state index is 12.5. The molecule has 1 amide bonds. The number of likely N-dealkylation sites (tertiary alicyclic amines) is 1. The number of piperidine rings is 1. The molecule has 3 heterocycles. The van der Waals surface area contributed by atoms with Crippen LogP contribution in [0.1, 0.15) is 18.5 Å². The number of carboxylic acid groups (broad SMARTS) is 2. The van der Waals surface area contributed by atoms with Gasteiger partial charge in [0.15, 0.2) is 0 Å². The molecule has 17 heteroatoms. The van der Waals surface area contributed by atoms with Gasteiger partial charge in [-0.05, 0) is 39.1 Å². The number of halogens is 6. The Balaban J connectivity index is 0.000000473. The molecule has 1 atom stereocenters. The summed E-state index contributed by atoms with van der Waals surface area (Å²) in [4.78, 5) is 40.9. The molecule has 40 heavy (non-hydrogen) atoms. The minimum atomic E-state index is -5.08. The molecular formula is C23H29F6N5O6. The van der Waals surface area contributed by atoms with Crippen molar-refractivity contribution >= 4 is 23.7 Å². The summed E-state index contributed by atoms with van der Waals surface area (Å²) >= 11 is 0. The van der Waals surface area contributed by atoms with Crippen LogP contribution in [0.4, 0.5) is 32.2 Å². The van der Waals surface area contributed by atoms with E-state index in [-0.39, 0.29) is 11.3 Å². The summed E-state index contributed by atoms with van der Waals surface area (Å²) < 4.78 is 69.4. The number of carboxylic acids is 2.